The Labute approximate surface area is 837 Å². The number of nitrogens with zero attached hydrogens (tertiary/aromatic N) is 12. The molecule has 0 spiro atoms. The third-order valence-corrected chi connectivity index (χ3v) is 16.0. The number of para-hydroxylation sites is 5. The average Bonchev–Trinajstić information content (AvgIpc) is 1.60. The number of fused-ring (bicyclic) bond motifs is 5. The topological polar surface area (TPSA) is 378 Å². The minimum Gasteiger partial charge on any atom is -0.870 e. The number of nitrogens with one attached hydrogen (secondary N) is 2. The fourth-order valence-corrected chi connectivity index (χ4v) is 10.6. The molecule has 5 aromatic heterocycles. The average molecular weight is 1870 g/mol. The van der Waals surface area contributed by atoms with Gasteiger partial charge in [-0.15, -0.1) is 35.6 Å². The number of amides is 1. The first kappa shape index (κ1) is 142. The number of carbonyl (C=O) groups is 6. The SMILES string of the molecule is C.CC.CC.CC.CC.CC.CC.CN1CCn2ncc3cccc(c32)C1=O.CNCCn1ncc2cccc(C(=O)CO)c21.CNCCn1ncc2cccc([C-]=O)c21.COC(Cn1ncc2cccc(C(=O)CO)c21)OC.I.O=C(CO)c1cccc2c1CN=C2.O=CCn1ncc2cccc(C(=O)CO)c21.[B].[B]B([B])B([B])[B].[B]B([B])[B].[B][B].[B][B]B([B])[B].[B][B][B].[HH].[Li+].[OH-]. The van der Waals surface area contributed by atoms with Crippen LogP contribution in [0.1, 0.15) is 160 Å². The van der Waals surface area contributed by atoms with Crippen molar-refractivity contribution >= 4 is 283 Å². The summed E-state index contributed by atoms with van der Waals surface area (Å²) in [5, 5.41) is 67.2. The van der Waals surface area contributed by atoms with E-state index < -0.39 is 58.3 Å². The van der Waals surface area contributed by atoms with Gasteiger partial charge in [0.15, 0.2) is 29.4 Å². The first-order valence-electron chi connectivity index (χ1n) is 41.1. The minimum atomic E-state index is -0.667. The smallest absolute Gasteiger partial charge is 0.870 e. The molecule has 0 fully saturated rings. The molecule has 13 rings (SSSR count). The van der Waals surface area contributed by atoms with Crippen LogP contribution < -0.4 is 29.5 Å². The first-order chi connectivity index (χ1) is 61.3. The molecule has 0 aliphatic carbocycles. The monoisotopic (exact) mass is 1880 g/mol. The quantitative estimate of drug-likeness (QED) is 0.0129. The number of ketones is 4. The molecule has 7 heterocycles. The summed E-state index contributed by atoms with van der Waals surface area (Å²) in [6.45, 7) is 27.5. The molecule has 132 heavy (non-hydrogen) atoms. The van der Waals surface area contributed by atoms with Crippen LogP contribution in [0, 0.1) is 0 Å². The second kappa shape index (κ2) is 87.2. The Morgan fingerprint density at radius 2 is 0.864 bits per heavy atom. The van der Waals surface area contributed by atoms with Gasteiger partial charge in [-0.25, -0.2) is 0 Å². The minimum absolute atomic E-state index is 0. The third kappa shape index (κ3) is 49.1. The Morgan fingerprint density at radius 3 is 1.23 bits per heavy atom. The number of halogens is 1. The summed E-state index contributed by atoms with van der Waals surface area (Å²) in [6, 6.07) is 32.6. The molecule has 667 valence electrons. The van der Waals surface area contributed by atoms with Crippen LogP contribution in [-0.2, 0) is 58.3 Å². The van der Waals surface area contributed by atoms with Crippen LogP contribution in [0.4, 0.5) is 0 Å². The van der Waals surface area contributed by atoms with Crippen LogP contribution in [0.15, 0.2) is 145 Å². The van der Waals surface area contributed by atoms with Crippen molar-refractivity contribution in [3.63, 3.8) is 0 Å². The van der Waals surface area contributed by atoms with Crippen molar-refractivity contribution in [3.05, 3.63) is 185 Å². The van der Waals surface area contributed by atoms with E-state index in [0.717, 1.165) is 93.4 Å². The number of aliphatic imine (C=N–C) groups is 1. The van der Waals surface area contributed by atoms with Crippen LogP contribution >= 0.6 is 24.0 Å². The standard InChI is InChI=1S/C13H16N2O4.C12H15N3O2.C11H11N3O.C11H12N3O.C11H10N2O3.C10H9NO2.6C2H6.CH4.B6.B5.B4.B3.B2.B.HI.Li.H2O.H2/c1-18-12(19-2)7-15-13-9(6-14-15)4-3-5-10(13)11(17)8-16;1-13-5-6-15-12-9(7-14-15)3-2-4-10(12)11(17)8-16;1-13-5-6-14-10-8(7-12-14)3-2-4-9(10)11(13)15;1-12-5-6-14-11-9(7-13-14)3-2-4-10(11)8-15;14-5-4-13-11-8(6-12-13)2-1-3-9(11)10(16)7-15;12-6-10(13)8-3-1-2-7-4-11-5-9(7)8;6*1-2;;1-5(2)6(3)4;1-4-5(2)3;1-4(2)3;1-3-2;1-2;;;;;/h3-6,12,16H,7-8H2,1-2H3;2-4,7,13,16H,5-6,8H2,1H3;2-4,7H,5-6H2,1H3;2-4,7,12H,5-6H2,1H3;1-3,5-6,15H,4,7H2;1-4,12H,5-6H2;6*1-2H3;1H4;;;;;;;1H;;1H2;1H/q;;;-1;;;;;;;;;;;;;;;;;+1;;/p-1. The molecule has 11 aromatic rings. The summed E-state index contributed by atoms with van der Waals surface area (Å²) < 4.78 is 18.9. The zero-order valence-electron chi connectivity index (χ0n) is 79.0. The van der Waals surface area contributed by atoms with Crippen LogP contribution in [0.3, 0.4) is 0 Å². The summed E-state index contributed by atoms with van der Waals surface area (Å²) in [7, 11) is 76.3. The number of aromatic nitrogens is 10. The van der Waals surface area contributed by atoms with Gasteiger partial charge in [0.1, 0.15) is 32.7 Å². The van der Waals surface area contributed by atoms with Crippen molar-refractivity contribution in [1.29, 1.82) is 0 Å². The normalized spacial score (nSPS) is 9.77. The van der Waals surface area contributed by atoms with Gasteiger partial charge in [0.05, 0.1) is 91.4 Å². The fraction of sp³-hybridized carbons (Fsp3) is 0.395. The van der Waals surface area contributed by atoms with Gasteiger partial charge < -0.3 is 65.2 Å². The molecular weight excluding hydrogens is 1750 g/mol. The van der Waals surface area contributed by atoms with Crippen molar-refractivity contribution in [2.45, 2.75) is 136 Å². The fourth-order valence-electron chi connectivity index (χ4n) is 10.6. The Kier molecular flexibility index (Phi) is 93.8. The zero-order chi connectivity index (χ0) is 97.7. The Hall–Kier alpha value is -7.84. The van der Waals surface area contributed by atoms with Gasteiger partial charge in [0, 0.05) is 261 Å². The molecule has 2 aliphatic rings. The van der Waals surface area contributed by atoms with Crippen molar-refractivity contribution < 1.29 is 89.2 Å². The number of methoxy groups -OCH3 is 2. The Bertz CT molecular complexity index is 4890. The van der Waals surface area contributed by atoms with E-state index in [1.54, 1.807) is 120 Å². The first-order valence-corrected chi connectivity index (χ1v) is 41.1. The summed E-state index contributed by atoms with van der Waals surface area (Å²) >= 11 is 0. The van der Waals surface area contributed by atoms with Crippen LogP contribution in [-0.4, -0.2) is 372 Å². The predicted octanol–water partition coefficient (Wildman–Crippen LogP) is 0.788. The van der Waals surface area contributed by atoms with Crippen molar-refractivity contribution in [2.75, 3.05) is 81.4 Å². The molecule has 51 heteroatoms. The summed E-state index contributed by atoms with van der Waals surface area (Å²) in [5.41, 5.74) is 9.09. The number of aliphatic hydroxyl groups is 4. The van der Waals surface area contributed by atoms with Crippen LogP contribution in [0.2, 0.25) is 0 Å². The summed E-state index contributed by atoms with van der Waals surface area (Å²) in [5.74, 6) is -1.14. The zero-order valence-corrected chi connectivity index (χ0v) is 81.3. The molecule has 0 saturated heterocycles. The van der Waals surface area contributed by atoms with E-state index >= 15 is 0 Å². The number of aliphatic hydroxyl groups excluding tert-OH is 4. The van der Waals surface area contributed by atoms with E-state index in [4.69, 9.17) is 84.1 Å². The van der Waals surface area contributed by atoms with Gasteiger partial charge in [-0.1, -0.05) is 163 Å². The van der Waals surface area contributed by atoms with E-state index in [1.165, 1.54) is 11.7 Å². The van der Waals surface area contributed by atoms with E-state index in [1.807, 2.05) is 175 Å². The maximum Gasteiger partial charge on any atom is 1.00 e. The van der Waals surface area contributed by atoms with Gasteiger partial charge >= 0.3 is 18.9 Å². The number of ether oxygens (including phenoxy) is 2. The van der Waals surface area contributed by atoms with Crippen LogP contribution in [0.5, 0.6) is 0 Å². The number of hydrogen-bond donors (Lipinski definition) is 6. The number of carbonyl (C=O) groups excluding carboxylic acids is 7. The molecule has 6 aromatic carbocycles. The Balaban J connectivity index is -0.000000159. The largest absolute Gasteiger partial charge is 1.00 e. The van der Waals surface area contributed by atoms with Gasteiger partial charge in [0.2, 0.25) is 0 Å². The number of Topliss-reactive ketones (excluding diaryl/α,β-unsaturated/α-hetero) is 4. The van der Waals surface area contributed by atoms with E-state index in [-0.39, 0.29) is 101 Å². The molecule has 0 atom stereocenters. The second-order valence-corrected chi connectivity index (χ2v) is 23.9. The summed E-state index contributed by atoms with van der Waals surface area (Å²) in [6.07, 6.45) is 10.2. The van der Waals surface area contributed by atoms with Crippen molar-refractivity contribution in [3.8, 4) is 0 Å². The van der Waals surface area contributed by atoms with E-state index in [9.17, 15) is 33.6 Å². The molecule has 28 nitrogen and oxygen atoms in total. The number of hydrogen-bond acceptors (Lipinski definition) is 22. The van der Waals surface area contributed by atoms with Crippen LogP contribution in [0.25, 0.3) is 54.5 Å². The summed E-state index contributed by atoms with van der Waals surface area (Å²) in [4.78, 5) is 85.2. The molecule has 2 aliphatic heterocycles. The van der Waals surface area contributed by atoms with Crippen molar-refractivity contribution in [2.24, 2.45) is 4.99 Å². The van der Waals surface area contributed by atoms with Gasteiger partial charge in [-0.3, -0.25) is 47.7 Å². The maximum absolute atomic E-state index is 12.0. The van der Waals surface area contributed by atoms with E-state index in [2.05, 4.69) is 95.3 Å². The van der Waals surface area contributed by atoms with Gasteiger partial charge in [-0.05, 0) is 60.4 Å². The molecule has 1 amide bonds. The second-order valence-electron chi connectivity index (χ2n) is 23.9. The molecule has 0 saturated carbocycles. The number of likely N-dealkylation sites (N-methyl/N-ethyl adjacent to an activating group) is 3. The van der Waals surface area contributed by atoms with Gasteiger partial charge in [0.25, 0.3) is 5.91 Å². The van der Waals surface area contributed by atoms with E-state index in [0.29, 0.717) is 71.3 Å². The molecule has 0 bridgehead atoms. The van der Waals surface area contributed by atoms with Gasteiger partial charge in [-0.2, -0.15) is 31.6 Å². The number of rotatable bonds is 23. The molecular formula is C81H117B21ILiN14O14-. The number of aldehydes is 1. The number of benzene rings is 6. The molecule has 33 radical (unpaired) electrons. The molecule has 7 N–H and O–H groups in total. The maximum atomic E-state index is 12.0. The van der Waals surface area contributed by atoms with Crippen molar-refractivity contribution in [1.82, 2.24) is 64.4 Å². The third-order valence-electron chi connectivity index (χ3n) is 16.0. The Morgan fingerprint density at radius 1 is 0.538 bits per heavy atom. The predicted molar refractivity (Wildman–Crippen MR) is 571 cm³/mol. The molecule has 0 unspecified atom stereocenters.